The molecule has 1 aromatic heterocycles. The van der Waals surface area contributed by atoms with Gasteiger partial charge in [0.05, 0.1) is 27.5 Å². The fourth-order valence-corrected chi connectivity index (χ4v) is 8.85. The normalized spacial score (nSPS) is 23.3. The van der Waals surface area contributed by atoms with Gasteiger partial charge >= 0.3 is 6.01 Å². The van der Waals surface area contributed by atoms with Crippen molar-refractivity contribution in [3.63, 3.8) is 0 Å². The maximum absolute atomic E-state index is 15.4. The predicted molar refractivity (Wildman–Crippen MR) is 164 cm³/mol. The molecule has 44 heavy (non-hydrogen) atoms. The minimum absolute atomic E-state index is 0.00314. The lowest BCUT2D eigenvalue weighted by molar-refractivity contribution is 0.00820. The van der Waals surface area contributed by atoms with E-state index in [0.29, 0.717) is 52.6 Å². The number of phenols is 1. The van der Waals surface area contributed by atoms with Gasteiger partial charge in [0.1, 0.15) is 23.8 Å². The summed E-state index contributed by atoms with van der Waals surface area (Å²) in [4.78, 5) is 14.9. The van der Waals surface area contributed by atoms with E-state index in [4.69, 9.17) is 31.0 Å². The Labute approximate surface area is 257 Å². The van der Waals surface area contributed by atoms with Crippen LogP contribution in [0.2, 0.25) is 5.02 Å². The lowest BCUT2D eigenvalue weighted by Gasteiger charge is -2.40. The second-order valence-electron chi connectivity index (χ2n) is 12.9. The van der Waals surface area contributed by atoms with Gasteiger partial charge in [-0.15, -0.1) is 0 Å². The Bertz CT molecular complexity index is 1860. The van der Waals surface area contributed by atoms with Gasteiger partial charge in [-0.1, -0.05) is 17.7 Å². The maximum Gasteiger partial charge on any atom is 0.319 e. The Kier molecular flexibility index (Phi) is 5.82. The number of anilines is 1. The molecule has 1 atom stereocenters. The van der Waals surface area contributed by atoms with Crippen LogP contribution in [0.5, 0.6) is 17.5 Å². The van der Waals surface area contributed by atoms with Crippen molar-refractivity contribution in [2.45, 2.75) is 55.7 Å². The number of nitrogens with one attached hydrogen (secondary N) is 1. The highest BCUT2D eigenvalue weighted by molar-refractivity contribution is 6.37. The number of aromatic nitrogens is 2. The summed E-state index contributed by atoms with van der Waals surface area (Å²) in [7, 11) is 0. The van der Waals surface area contributed by atoms with Gasteiger partial charge in [0.15, 0.2) is 17.4 Å². The van der Waals surface area contributed by atoms with Crippen molar-refractivity contribution >= 4 is 39.1 Å². The molecule has 1 unspecified atom stereocenters. The van der Waals surface area contributed by atoms with E-state index in [1.165, 1.54) is 31.0 Å². The van der Waals surface area contributed by atoms with Gasteiger partial charge in [0.2, 0.25) is 0 Å². The molecule has 5 aliphatic rings. The molecule has 1 aliphatic carbocycles. The molecule has 4 aromatic rings. The molecule has 4 fully saturated rings. The minimum atomic E-state index is -1.01. The molecule has 1 saturated carbocycles. The Hall–Kier alpha value is -3.47. The molecule has 0 spiro atoms. The van der Waals surface area contributed by atoms with Crippen LogP contribution < -0.4 is 19.7 Å². The number of piperazine rings is 1. The topological polar surface area (TPSA) is 83.0 Å². The molecule has 3 aromatic carbocycles. The third-order valence-electron chi connectivity index (χ3n) is 10.6. The van der Waals surface area contributed by atoms with Crippen molar-refractivity contribution < 1.29 is 23.4 Å². The highest BCUT2D eigenvalue weighted by Crippen LogP contribution is 2.59. The van der Waals surface area contributed by atoms with Gasteiger partial charge in [-0.3, -0.25) is 4.90 Å². The van der Waals surface area contributed by atoms with Crippen molar-refractivity contribution in [3.8, 4) is 28.6 Å². The van der Waals surface area contributed by atoms with Gasteiger partial charge in [0, 0.05) is 30.6 Å². The maximum atomic E-state index is 15.4. The number of phenolic OH excluding ortho intramolecular Hbond substituents is 1. The van der Waals surface area contributed by atoms with Crippen LogP contribution in [-0.2, 0) is 0 Å². The van der Waals surface area contributed by atoms with Crippen molar-refractivity contribution in [3.05, 3.63) is 47.0 Å². The molecule has 0 radical (unpaired) electrons. The second-order valence-corrected chi connectivity index (χ2v) is 13.3. The van der Waals surface area contributed by atoms with Crippen LogP contribution in [0.15, 0.2) is 30.3 Å². The van der Waals surface area contributed by atoms with Crippen LogP contribution in [0, 0.1) is 11.6 Å². The molecule has 4 aliphatic heterocycles. The number of nitrogens with zero attached hydrogens (tertiary/aromatic N) is 4. The number of benzene rings is 3. The van der Waals surface area contributed by atoms with Crippen LogP contribution in [0.1, 0.15) is 38.5 Å². The van der Waals surface area contributed by atoms with E-state index in [1.54, 1.807) is 6.07 Å². The van der Waals surface area contributed by atoms with Crippen molar-refractivity contribution in [1.29, 1.82) is 0 Å². The van der Waals surface area contributed by atoms with Crippen LogP contribution in [0.4, 0.5) is 14.6 Å². The van der Waals surface area contributed by atoms with E-state index in [1.807, 2.05) is 0 Å². The monoisotopic (exact) mass is 619 g/mol. The molecule has 8 nitrogen and oxygen atoms in total. The van der Waals surface area contributed by atoms with Gasteiger partial charge < -0.3 is 24.8 Å². The lowest BCUT2D eigenvalue weighted by Crippen LogP contribution is -2.54. The van der Waals surface area contributed by atoms with E-state index >= 15 is 4.39 Å². The first-order valence-electron chi connectivity index (χ1n) is 15.6. The first kappa shape index (κ1) is 26.9. The summed E-state index contributed by atoms with van der Waals surface area (Å²) in [6, 6.07) is 7.38. The third-order valence-corrected chi connectivity index (χ3v) is 11.0. The number of hydrogen-bond donors (Lipinski definition) is 2. The van der Waals surface area contributed by atoms with Gasteiger partial charge in [-0.05, 0) is 86.8 Å². The van der Waals surface area contributed by atoms with E-state index < -0.39 is 11.6 Å². The lowest BCUT2D eigenvalue weighted by atomic mass is 9.85. The Morgan fingerprint density at radius 1 is 1.00 bits per heavy atom. The molecule has 0 amide bonds. The minimum Gasteiger partial charge on any atom is -0.508 e. The molecule has 3 saturated heterocycles. The average molecular weight is 620 g/mol. The Morgan fingerprint density at radius 2 is 1.82 bits per heavy atom. The van der Waals surface area contributed by atoms with Crippen molar-refractivity contribution in [1.82, 2.24) is 20.2 Å². The summed E-state index contributed by atoms with van der Waals surface area (Å²) in [6.07, 6.45) is 6.53. The molecule has 9 rings (SSSR count). The second kappa shape index (κ2) is 9.52. The van der Waals surface area contributed by atoms with Crippen LogP contribution in [0.25, 0.3) is 32.8 Å². The van der Waals surface area contributed by atoms with E-state index in [2.05, 4.69) is 15.1 Å². The summed E-state index contributed by atoms with van der Waals surface area (Å²) in [5, 5.41) is 15.3. The summed E-state index contributed by atoms with van der Waals surface area (Å²) in [5.41, 5.74) is 0.879. The first-order valence-corrected chi connectivity index (χ1v) is 15.9. The van der Waals surface area contributed by atoms with Gasteiger partial charge in [-0.2, -0.15) is 9.97 Å². The van der Waals surface area contributed by atoms with Crippen LogP contribution in [-0.4, -0.2) is 76.5 Å². The van der Waals surface area contributed by atoms with Crippen LogP contribution >= 0.6 is 11.6 Å². The zero-order valence-corrected chi connectivity index (χ0v) is 24.9. The standard InChI is InChI=1S/C33H32ClF2N5O3/c34-27-22(21-14-20(42)13-18-3-4-23(35)28(36)25(18)21)15-24-26-29(27)43-17-19-16-37-9-12-41(19)30(26)39-31(38-24)44-33(7-8-33)32-5-1-10-40(32)11-2-6-32/h3-4,13-15,19,37,42H,1-2,5-12,16-17H2. The van der Waals surface area contributed by atoms with E-state index in [0.717, 1.165) is 57.9 Å². The first-order chi connectivity index (χ1) is 21.4. The summed E-state index contributed by atoms with van der Waals surface area (Å²) < 4.78 is 43.2. The molecule has 228 valence electrons. The smallest absolute Gasteiger partial charge is 0.319 e. The summed E-state index contributed by atoms with van der Waals surface area (Å²) >= 11 is 7.10. The number of rotatable bonds is 4. The van der Waals surface area contributed by atoms with E-state index in [-0.39, 0.29) is 38.9 Å². The predicted octanol–water partition coefficient (Wildman–Crippen LogP) is 5.80. The molecular formula is C33H32ClF2N5O3. The number of aromatic hydroxyl groups is 1. The number of halogens is 3. The van der Waals surface area contributed by atoms with Gasteiger partial charge in [-0.25, -0.2) is 8.78 Å². The van der Waals surface area contributed by atoms with Crippen molar-refractivity contribution in [2.24, 2.45) is 0 Å². The zero-order chi connectivity index (χ0) is 29.8. The fourth-order valence-electron chi connectivity index (χ4n) is 8.55. The van der Waals surface area contributed by atoms with E-state index in [9.17, 15) is 9.50 Å². The molecule has 11 heteroatoms. The molecule has 5 heterocycles. The van der Waals surface area contributed by atoms with Gasteiger partial charge in [0.25, 0.3) is 0 Å². The number of fused-ring (bicyclic) bond motifs is 4. The Morgan fingerprint density at radius 3 is 2.61 bits per heavy atom. The zero-order valence-electron chi connectivity index (χ0n) is 24.1. The SMILES string of the molecule is Oc1cc(-c2cc3nc(OC4(C56CCCN5CCC6)CC4)nc4c3c(c2Cl)OCC2CNCCN42)c2c(F)c(F)ccc2c1. The third kappa shape index (κ3) is 3.74. The quantitative estimate of drug-likeness (QED) is 0.297. The average Bonchev–Trinajstić information content (AvgIpc) is 3.55. The summed E-state index contributed by atoms with van der Waals surface area (Å²) in [6.45, 7) is 4.79. The summed E-state index contributed by atoms with van der Waals surface area (Å²) in [5.74, 6) is -0.991. The molecule has 2 N–H and O–H groups in total. The fraction of sp³-hybridized carbons (Fsp3) is 0.455. The Balaban J connectivity index is 1.27. The van der Waals surface area contributed by atoms with Crippen LogP contribution in [0.3, 0.4) is 0 Å². The molecular weight excluding hydrogens is 588 g/mol. The highest BCUT2D eigenvalue weighted by atomic mass is 35.5. The highest BCUT2D eigenvalue weighted by Gasteiger charge is 2.67. The number of hydrogen-bond acceptors (Lipinski definition) is 8. The van der Waals surface area contributed by atoms with Crippen molar-refractivity contribution in [2.75, 3.05) is 44.2 Å². The molecule has 0 bridgehead atoms. The largest absolute Gasteiger partial charge is 0.508 e. The number of ether oxygens (including phenoxy) is 2.